The molecule has 0 aliphatic heterocycles. The van der Waals surface area contributed by atoms with Gasteiger partial charge in [-0.15, -0.1) is 0 Å². The maximum absolute atomic E-state index is 13.4. The van der Waals surface area contributed by atoms with E-state index in [-0.39, 0.29) is 11.9 Å². The first-order valence-corrected chi connectivity index (χ1v) is 6.85. The topological polar surface area (TPSA) is 21.3 Å². The van der Waals surface area contributed by atoms with Crippen LogP contribution in [0.1, 0.15) is 26.7 Å². The third-order valence-electron chi connectivity index (χ3n) is 2.43. The molecule has 0 amide bonds. The highest BCUT2D eigenvalue weighted by molar-refractivity contribution is 9.10. The highest BCUT2D eigenvalue weighted by Crippen LogP contribution is 2.26. The maximum Gasteiger partial charge on any atom is 0.200 e. The molecule has 1 atom stereocenters. The lowest BCUT2D eigenvalue weighted by Gasteiger charge is -2.16. The van der Waals surface area contributed by atoms with Crippen LogP contribution in [-0.2, 0) is 0 Å². The van der Waals surface area contributed by atoms with Gasteiger partial charge in [-0.25, -0.2) is 4.39 Å². The van der Waals surface area contributed by atoms with Gasteiger partial charge in [-0.1, -0.05) is 29.3 Å². The quantitative estimate of drug-likeness (QED) is 0.607. The fourth-order valence-electron chi connectivity index (χ4n) is 1.48. The Bertz CT molecular complexity index is 387. The van der Waals surface area contributed by atoms with Gasteiger partial charge in [-0.3, -0.25) is 0 Å². The normalized spacial score (nSPS) is 12.5. The minimum Gasteiger partial charge on any atom is -0.486 e. The summed E-state index contributed by atoms with van der Waals surface area (Å²) >= 11 is 3.11. The van der Waals surface area contributed by atoms with Crippen molar-refractivity contribution in [2.24, 2.45) is 0 Å². The monoisotopic (exact) mass is 321 g/mol. The van der Waals surface area contributed by atoms with Crippen molar-refractivity contribution >= 4 is 15.9 Å². The Balaban J connectivity index is 2.51. The summed E-state index contributed by atoms with van der Waals surface area (Å²) in [7, 11) is 0. The fourth-order valence-corrected chi connectivity index (χ4v) is 1.89. The lowest BCUT2D eigenvalue weighted by molar-refractivity contribution is 0.205. The van der Waals surface area contributed by atoms with E-state index in [2.05, 4.69) is 28.2 Å². The molecule has 1 aromatic rings. The predicted octanol–water partition coefficient (Wildman–Crippen LogP) is 3.88. The zero-order chi connectivity index (χ0) is 13.5. The van der Waals surface area contributed by atoms with Crippen LogP contribution in [0.15, 0.2) is 16.6 Å². The van der Waals surface area contributed by atoms with E-state index in [1.165, 1.54) is 6.07 Å². The Morgan fingerprint density at radius 1 is 1.39 bits per heavy atom. The summed E-state index contributed by atoms with van der Waals surface area (Å²) in [6.07, 6.45) is 1.99. The van der Waals surface area contributed by atoms with Crippen LogP contribution in [0.2, 0.25) is 0 Å². The molecule has 0 bridgehead atoms. The molecule has 0 fully saturated rings. The van der Waals surface area contributed by atoms with Crippen LogP contribution in [0.3, 0.4) is 0 Å². The number of halogens is 3. The first-order valence-electron chi connectivity index (χ1n) is 6.06. The Kier molecular flexibility index (Phi) is 6.57. The molecule has 0 spiro atoms. The van der Waals surface area contributed by atoms with Gasteiger partial charge in [0.15, 0.2) is 11.6 Å². The zero-order valence-electron chi connectivity index (χ0n) is 10.6. The summed E-state index contributed by atoms with van der Waals surface area (Å²) < 4.78 is 32.4. The minimum atomic E-state index is -0.946. The van der Waals surface area contributed by atoms with Gasteiger partial charge in [0.1, 0.15) is 6.10 Å². The van der Waals surface area contributed by atoms with Crippen molar-refractivity contribution in [3.05, 3.63) is 28.2 Å². The highest BCUT2D eigenvalue weighted by atomic mass is 79.9. The zero-order valence-corrected chi connectivity index (χ0v) is 12.2. The van der Waals surface area contributed by atoms with E-state index < -0.39 is 11.6 Å². The van der Waals surface area contributed by atoms with E-state index in [9.17, 15) is 8.78 Å². The van der Waals surface area contributed by atoms with Crippen LogP contribution in [0.25, 0.3) is 0 Å². The Morgan fingerprint density at radius 2 is 2.11 bits per heavy atom. The molecule has 0 saturated heterocycles. The number of rotatable bonds is 7. The maximum atomic E-state index is 13.4. The molecular weight excluding hydrogens is 304 g/mol. The van der Waals surface area contributed by atoms with Crippen molar-refractivity contribution in [3.8, 4) is 5.75 Å². The van der Waals surface area contributed by atoms with Crippen molar-refractivity contribution in [2.45, 2.75) is 32.8 Å². The average Bonchev–Trinajstić information content (AvgIpc) is 2.31. The number of hydrogen-bond acceptors (Lipinski definition) is 2. The molecule has 102 valence electrons. The van der Waals surface area contributed by atoms with Crippen molar-refractivity contribution in [3.63, 3.8) is 0 Å². The summed E-state index contributed by atoms with van der Waals surface area (Å²) in [5, 5.41) is 3.20. The standard InChI is InChI=1S/C13H18BrF2NO/c1-3-4-5-17-8-9(2)18-12-7-10(14)6-11(15)13(12)16/h6-7,9,17H,3-5,8H2,1-2H3. The summed E-state index contributed by atoms with van der Waals surface area (Å²) in [4.78, 5) is 0. The SMILES string of the molecule is CCCCNCC(C)Oc1cc(Br)cc(F)c1F. The van der Waals surface area contributed by atoms with Gasteiger partial charge in [-0.05, 0) is 32.0 Å². The third kappa shape index (κ3) is 4.90. The highest BCUT2D eigenvalue weighted by Gasteiger charge is 2.13. The van der Waals surface area contributed by atoms with Gasteiger partial charge in [-0.2, -0.15) is 4.39 Å². The summed E-state index contributed by atoms with van der Waals surface area (Å²) in [6, 6.07) is 2.51. The molecular formula is C13H18BrF2NO. The summed E-state index contributed by atoms with van der Waals surface area (Å²) in [5.41, 5.74) is 0. The summed E-state index contributed by atoms with van der Waals surface area (Å²) in [5.74, 6) is -1.92. The second-order valence-electron chi connectivity index (χ2n) is 4.19. The molecule has 5 heteroatoms. The lowest BCUT2D eigenvalue weighted by Crippen LogP contribution is -2.29. The predicted molar refractivity (Wildman–Crippen MR) is 71.9 cm³/mol. The van der Waals surface area contributed by atoms with Gasteiger partial charge in [0.2, 0.25) is 5.82 Å². The summed E-state index contributed by atoms with van der Waals surface area (Å²) in [6.45, 7) is 5.44. The second-order valence-corrected chi connectivity index (χ2v) is 5.10. The van der Waals surface area contributed by atoms with Crippen molar-refractivity contribution < 1.29 is 13.5 Å². The van der Waals surface area contributed by atoms with Crippen LogP contribution in [-0.4, -0.2) is 19.2 Å². The smallest absolute Gasteiger partial charge is 0.200 e. The largest absolute Gasteiger partial charge is 0.486 e. The number of benzene rings is 1. The average molecular weight is 322 g/mol. The fraction of sp³-hybridized carbons (Fsp3) is 0.538. The van der Waals surface area contributed by atoms with E-state index in [4.69, 9.17) is 4.74 Å². The van der Waals surface area contributed by atoms with E-state index in [1.54, 1.807) is 0 Å². The Hall–Kier alpha value is -0.680. The number of nitrogens with one attached hydrogen (secondary N) is 1. The van der Waals surface area contributed by atoms with Crippen LogP contribution in [0.4, 0.5) is 8.78 Å². The molecule has 0 aliphatic rings. The third-order valence-corrected chi connectivity index (χ3v) is 2.88. The first-order chi connectivity index (χ1) is 8.54. The Morgan fingerprint density at radius 3 is 2.78 bits per heavy atom. The van der Waals surface area contributed by atoms with E-state index in [1.807, 2.05) is 6.92 Å². The van der Waals surface area contributed by atoms with Gasteiger partial charge < -0.3 is 10.1 Å². The van der Waals surface area contributed by atoms with E-state index in [0.29, 0.717) is 11.0 Å². The molecule has 1 unspecified atom stereocenters. The molecule has 0 heterocycles. The molecule has 0 saturated carbocycles. The molecule has 2 nitrogen and oxygen atoms in total. The molecule has 1 N–H and O–H groups in total. The molecule has 0 aliphatic carbocycles. The van der Waals surface area contributed by atoms with Crippen molar-refractivity contribution in [1.82, 2.24) is 5.32 Å². The molecule has 0 radical (unpaired) electrons. The number of hydrogen-bond donors (Lipinski definition) is 1. The molecule has 1 rings (SSSR count). The second kappa shape index (κ2) is 7.69. The molecule has 0 aromatic heterocycles. The Labute approximate surface area is 115 Å². The van der Waals surface area contributed by atoms with Crippen molar-refractivity contribution in [1.29, 1.82) is 0 Å². The van der Waals surface area contributed by atoms with E-state index >= 15 is 0 Å². The van der Waals surface area contributed by atoms with Crippen LogP contribution >= 0.6 is 15.9 Å². The number of unbranched alkanes of at least 4 members (excludes halogenated alkanes) is 1. The lowest BCUT2D eigenvalue weighted by atomic mass is 10.3. The van der Waals surface area contributed by atoms with Crippen LogP contribution in [0, 0.1) is 11.6 Å². The van der Waals surface area contributed by atoms with Gasteiger partial charge >= 0.3 is 0 Å². The van der Waals surface area contributed by atoms with Crippen LogP contribution < -0.4 is 10.1 Å². The van der Waals surface area contributed by atoms with Gasteiger partial charge in [0, 0.05) is 11.0 Å². The van der Waals surface area contributed by atoms with Crippen LogP contribution in [0.5, 0.6) is 5.75 Å². The van der Waals surface area contributed by atoms with Gasteiger partial charge in [0.05, 0.1) is 0 Å². The minimum absolute atomic E-state index is 0.0633. The number of ether oxygens (including phenoxy) is 1. The molecule has 1 aromatic carbocycles. The van der Waals surface area contributed by atoms with Gasteiger partial charge in [0.25, 0.3) is 0 Å². The molecule has 18 heavy (non-hydrogen) atoms. The first kappa shape index (κ1) is 15.4. The van der Waals surface area contributed by atoms with Crippen molar-refractivity contribution in [2.75, 3.05) is 13.1 Å². The van der Waals surface area contributed by atoms with E-state index in [0.717, 1.165) is 25.5 Å².